The fourth-order valence-corrected chi connectivity index (χ4v) is 3.81. The molecule has 0 saturated heterocycles. The monoisotopic (exact) mass is 423 g/mol. The van der Waals surface area contributed by atoms with Crippen molar-refractivity contribution in [2.75, 3.05) is 7.11 Å². The van der Waals surface area contributed by atoms with Crippen LogP contribution < -0.4 is 9.46 Å². The minimum atomic E-state index is -3.73. The molecular weight excluding hydrogens is 413 g/mol. The van der Waals surface area contributed by atoms with Gasteiger partial charge in [0.25, 0.3) is 0 Å². The second-order valence-electron chi connectivity index (χ2n) is 4.37. The highest BCUT2D eigenvalue weighted by atomic mass is 79.9. The molecule has 118 valence electrons. The third-order valence-electron chi connectivity index (χ3n) is 2.87. The van der Waals surface area contributed by atoms with Crippen LogP contribution in [-0.2, 0) is 16.6 Å². The molecule has 0 aliphatic rings. The fraction of sp³-hybridized carbons (Fsp3) is 0.143. The molecule has 0 amide bonds. The number of nitrogens with one attached hydrogen (secondary N) is 1. The van der Waals surface area contributed by atoms with Crippen molar-refractivity contribution in [3.63, 3.8) is 0 Å². The number of methoxy groups -OCH3 is 1. The first kappa shape index (κ1) is 17.6. The zero-order valence-corrected chi connectivity index (χ0v) is 15.4. The van der Waals surface area contributed by atoms with Gasteiger partial charge in [-0.05, 0) is 35.9 Å². The van der Waals surface area contributed by atoms with E-state index in [0.717, 1.165) is 0 Å². The van der Waals surface area contributed by atoms with Gasteiger partial charge in [0.15, 0.2) is 0 Å². The van der Waals surface area contributed by atoms with Crippen molar-refractivity contribution in [1.29, 1.82) is 0 Å². The average molecular weight is 425 g/mol. The Bertz CT molecular complexity index is 797. The normalized spacial score (nSPS) is 11.5. The van der Waals surface area contributed by atoms with Crippen LogP contribution in [-0.4, -0.2) is 15.5 Å². The van der Waals surface area contributed by atoms with E-state index in [1.54, 1.807) is 30.3 Å². The van der Waals surface area contributed by atoms with Crippen molar-refractivity contribution in [2.24, 2.45) is 0 Å². The number of benzene rings is 2. The van der Waals surface area contributed by atoms with Crippen LogP contribution in [0.3, 0.4) is 0 Å². The minimum Gasteiger partial charge on any atom is -0.495 e. The van der Waals surface area contributed by atoms with Gasteiger partial charge in [-0.15, -0.1) is 0 Å². The van der Waals surface area contributed by atoms with Crippen LogP contribution in [0.5, 0.6) is 5.75 Å². The van der Waals surface area contributed by atoms with Crippen molar-refractivity contribution in [3.05, 3.63) is 56.5 Å². The van der Waals surface area contributed by atoms with Crippen molar-refractivity contribution in [2.45, 2.75) is 11.4 Å². The SMILES string of the molecule is COc1ccc(Br)cc1S(=O)(=O)NCc1ccc(Cl)c(Cl)c1. The van der Waals surface area contributed by atoms with Crippen molar-refractivity contribution >= 4 is 49.2 Å². The predicted octanol–water partition coefficient (Wildman–Crippen LogP) is 4.24. The van der Waals surface area contributed by atoms with Crippen LogP contribution in [0.15, 0.2) is 45.8 Å². The standard InChI is InChI=1S/C14H12BrCl2NO3S/c1-21-13-5-3-10(15)7-14(13)22(19,20)18-8-9-2-4-11(16)12(17)6-9/h2-7,18H,8H2,1H3. The molecule has 2 aromatic rings. The van der Waals surface area contributed by atoms with E-state index in [9.17, 15) is 8.42 Å². The summed E-state index contributed by atoms with van der Waals surface area (Å²) in [7, 11) is -2.31. The first-order valence-electron chi connectivity index (χ1n) is 6.10. The van der Waals surface area contributed by atoms with E-state index >= 15 is 0 Å². The summed E-state index contributed by atoms with van der Waals surface area (Å²) >= 11 is 15.0. The summed E-state index contributed by atoms with van der Waals surface area (Å²) in [6.45, 7) is 0.0922. The second-order valence-corrected chi connectivity index (χ2v) is 7.83. The second kappa shape index (κ2) is 7.19. The molecule has 0 spiro atoms. The van der Waals surface area contributed by atoms with Gasteiger partial charge in [-0.3, -0.25) is 0 Å². The summed E-state index contributed by atoms with van der Waals surface area (Å²) in [4.78, 5) is 0.0597. The first-order valence-corrected chi connectivity index (χ1v) is 9.14. The Morgan fingerprint density at radius 1 is 1.14 bits per heavy atom. The lowest BCUT2D eigenvalue weighted by molar-refractivity contribution is 0.402. The highest BCUT2D eigenvalue weighted by molar-refractivity contribution is 9.10. The van der Waals surface area contributed by atoms with E-state index in [-0.39, 0.29) is 17.2 Å². The van der Waals surface area contributed by atoms with Crippen molar-refractivity contribution in [1.82, 2.24) is 4.72 Å². The van der Waals surface area contributed by atoms with Gasteiger partial charge in [-0.25, -0.2) is 13.1 Å². The Kier molecular flexibility index (Phi) is 5.74. The molecule has 0 atom stereocenters. The topological polar surface area (TPSA) is 55.4 Å². The molecule has 0 unspecified atom stereocenters. The number of hydrogen-bond donors (Lipinski definition) is 1. The van der Waals surface area contributed by atoms with E-state index in [1.807, 2.05) is 0 Å². The molecule has 0 aromatic heterocycles. The molecule has 0 fully saturated rings. The van der Waals surface area contributed by atoms with E-state index in [1.165, 1.54) is 13.2 Å². The van der Waals surface area contributed by atoms with Gasteiger partial charge in [0.1, 0.15) is 10.6 Å². The van der Waals surface area contributed by atoms with E-state index in [2.05, 4.69) is 20.7 Å². The van der Waals surface area contributed by atoms with Crippen LogP contribution in [0.4, 0.5) is 0 Å². The van der Waals surface area contributed by atoms with Gasteiger partial charge >= 0.3 is 0 Å². The highest BCUT2D eigenvalue weighted by Crippen LogP contribution is 2.27. The van der Waals surface area contributed by atoms with Crippen molar-refractivity contribution < 1.29 is 13.2 Å². The third-order valence-corrected chi connectivity index (χ3v) is 5.52. The first-order chi connectivity index (χ1) is 10.3. The molecule has 0 saturated carbocycles. The minimum absolute atomic E-state index is 0.0597. The lowest BCUT2D eigenvalue weighted by Gasteiger charge is -2.11. The average Bonchev–Trinajstić information content (AvgIpc) is 2.48. The number of ether oxygens (including phenoxy) is 1. The number of halogens is 3. The Balaban J connectivity index is 2.24. The van der Waals surface area contributed by atoms with Crippen LogP contribution in [0.25, 0.3) is 0 Å². The zero-order valence-electron chi connectivity index (χ0n) is 11.4. The summed E-state index contributed by atoms with van der Waals surface area (Å²) in [6.07, 6.45) is 0. The van der Waals surface area contributed by atoms with Crippen LogP contribution in [0, 0.1) is 0 Å². The number of rotatable bonds is 5. The van der Waals surface area contributed by atoms with Gasteiger partial charge in [-0.1, -0.05) is 45.2 Å². The lowest BCUT2D eigenvalue weighted by atomic mass is 10.2. The molecule has 0 radical (unpaired) electrons. The molecule has 0 aliphatic heterocycles. The molecule has 22 heavy (non-hydrogen) atoms. The van der Waals surface area contributed by atoms with E-state index in [0.29, 0.717) is 20.1 Å². The Morgan fingerprint density at radius 3 is 2.50 bits per heavy atom. The number of sulfonamides is 1. The van der Waals surface area contributed by atoms with E-state index < -0.39 is 10.0 Å². The Labute approximate surface area is 147 Å². The number of hydrogen-bond acceptors (Lipinski definition) is 3. The molecule has 0 heterocycles. The summed E-state index contributed by atoms with van der Waals surface area (Å²) in [5.41, 5.74) is 0.701. The molecule has 0 bridgehead atoms. The van der Waals surface area contributed by atoms with Gasteiger partial charge < -0.3 is 4.74 Å². The fourth-order valence-electron chi connectivity index (χ4n) is 1.77. The molecule has 1 N–H and O–H groups in total. The van der Waals surface area contributed by atoms with Gasteiger partial charge in [0.2, 0.25) is 10.0 Å². The highest BCUT2D eigenvalue weighted by Gasteiger charge is 2.19. The lowest BCUT2D eigenvalue weighted by Crippen LogP contribution is -2.23. The van der Waals surface area contributed by atoms with Gasteiger partial charge in [0, 0.05) is 11.0 Å². The summed E-state index contributed by atoms with van der Waals surface area (Å²) in [5, 5.41) is 0.792. The Morgan fingerprint density at radius 2 is 1.86 bits per heavy atom. The molecule has 2 rings (SSSR count). The maximum absolute atomic E-state index is 12.4. The smallest absolute Gasteiger partial charge is 0.244 e. The van der Waals surface area contributed by atoms with Crippen LogP contribution in [0.1, 0.15) is 5.56 Å². The maximum atomic E-state index is 12.4. The largest absolute Gasteiger partial charge is 0.495 e. The van der Waals surface area contributed by atoms with Gasteiger partial charge in [-0.2, -0.15) is 0 Å². The van der Waals surface area contributed by atoms with Crippen LogP contribution in [0.2, 0.25) is 10.0 Å². The Hall–Kier alpha value is -0.790. The predicted molar refractivity (Wildman–Crippen MR) is 91.2 cm³/mol. The summed E-state index contributed by atoms with van der Waals surface area (Å²) < 4.78 is 33.1. The summed E-state index contributed by atoms with van der Waals surface area (Å²) in [5.74, 6) is 0.268. The van der Waals surface area contributed by atoms with E-state index in [4.69, 9.17) is 27.9 Å². The van der Waals surface area contributed by atoms with Gasteiger partial charge in [0.05, 0.1) is 17.2 Å². The molecule has 8 heteroatoms. The summed E-state index contributed by atoms with van der Waals surface area (Å²) in [6, 6.07) is 9.71. The molecule has 0 aliphatic carbocycles. The van der Waals surface area contributed by atoms with Crippen molar-refractivity contribution in [3.8, 4) is 5.75 Å². The van der Waals surface area contributed by atoms with Crippen LogP contribution >= 0.6 is 39.1 Å². The third kappa shape index (κ3) is 4.14. The quantitative estimate of drug-likeness (QED) is 0.780. The molecule has 4 nitrogen and oxygen atoms in total. The zero-order chi connectivity index (χ0) is 16.3. The molecule has 2 aromatic carbocycles. The maximum Gasteiger partial charge on any atom is 0.244 e. The molecular formula is C14H12BrCl2NO3S.